The van der Waals surface area contributed by atoms with Gasteiger partial charge in [0.25, 0.3) is 0 Å². The Bertz CT molecular complexity index is 597. The lowest BCUT2D eigenvalue weighted by Crippen LogP contribution is -2.35. The fourth-order valence-corrected chi connectivity index (χ4v) is 3.47. The summed E-state index contributed by atoms with van der Waals surface area (Å²) in [6.07, 6.45) is -4.72. The Balaban J connectivity index is 2.13. The molecule has 2 N–H and O–H groups in total. The molecule has 1 fully saturated rings. The maximum atomic E-state index is 12.9. The van der Waals surface area contributed by atoms with Crippen molar-refractivity contribution in [2.24, 2.45) is 5.92 Å². The van der Waals surface area contributed by atoms with Gasteiger partial charge in [-0.15, -0.1) is 0 Å². The molecule has 0 aromatic heterocycles. The molecule has 22 heavy (non-hydrogen) atoms. The minimum atomic E-state index is -4.72. The molecule has 0 amide bonds. The summed E-state index contributed by atoms with van der Waals surface area (Å²) in [7, 11) is -4.24. The van der Waals surface area contributed by atoms with Crippen LogP contribution in [0.4, 0.5) is 13.2 Å². The first-order valence-electron chi connectivity index (χ1n) is 6.75. The molecule has 124 valence electrons. The number of alkyl halides is 3. The minimum Gasteiger partial charge on any atom is -0.380 e. The maximum absolute atomic E-state index is 12.9. The van der Waals surface area contributed by atoms with Crippen molar-refractivity contribution in [2.75, 3.05) is 32.8 Å². The third-order valence-electron chi connectivity index (χ3n) is 3.25. The molecule has 1 saturated heterocycles. The average Bonchev–Trinajstić information content (AvgIpc) is 2.73. The van der Waals surface area contributed by atoms with Crippen LogP contribution in [0.25, 0.3) is 0 Å². The molecule has 2 rings (SSSR count). The Labute approximate surface area is 126 Å². The summed E-state index contributed by atoms with van der Waals surface area (Å²) in [6, 6.07) is 4.13. The number of rotatable bonds is 4. The van der Waals surface area contributed by atoms with E-state index in [2.05, 4.69) is 10.0 Å². The average molecular weight is 338 g/mol. The molecule has 0 bridgehead atoms. The fraction of sp³-hybridized carbons (Fsp3) is 0.538. The van der Waals surface area contributed by atoms with Crippen molar-refractivity contribution in [3.8, 4) is 0 Å². The number of benzene rings is 1. The van der Waals surface area contributed by atoms with E-state index >= 15 is 0 Å². The summed E-state index contributed by atoms with van der Waals surface area (Å²) in [5, 5.41) is 3.07. The smallest absolute Gasteiger partial charge is 0.380 e. The van der Waals surface area contributed by atoms with E-state index in [0.717, 1.165) is 18.2 Å². The molecule has 1 aromatic rings. The van der Waals surface area contributed by atoms with E-state index in [1.807, 2.05) is 0 Å². The number of ether oxygens (including phenoxy) is 1. The second-order valence-corrected chi connectivity index (χ2v) is 6.73. The molecule has 0 saturated carbocycles. The zero-order valence-electron chi connectivity index (χ0n) is 11.7. The fourth-order valence-electron chi connectivity index (χ4n) is 2.13. The van der Waals surface area contributed by atoms with Crippen LogP contribution in [0.15, 0.2) is 29.2 Å². The topological polar surface area (TPSA) is 67.4 Å². The van der Waals surface area contributed by atoms with E-state index in [0.29, 0.717) is 26.3 Å². The molecule has 1 unspecified atom stereocenters. The summed E-state index contributed by atoms with van der Waals surface area (Å²) < 4.78 is 70.5. The van der Waals surface area contributed by atoms with E-state index in [1.54, 1.807) is 0 Å². The third kappa shape index (κ3) is 4.42. The normalized spacial score (nSPS) is 20.6. The monoisotopic (exact) mass is 338 g/mol. The van der Waals surface area contributed by atoms with Gasteiger partial charge in [-0.05, 0) is 12.1 Å². The second-order valence-electron chi connectivity index (χ2n) is 4.99. The minimum absolute atomic E-state index is 0.0154. The molecule has 0 aliphatic carbocycles. The van der Waals surface area contributed by atoms with E-state index in [4.69, 9.17) is 4.74 Å². The highest BCUT2D eigenvalue weighted by Crippen LogP contribution is 2.33. The highest BCUT2D eigenvalue weighted by Gasteiger charge is 2.36. The number of hydrogen-bond donors (Lipinski definition) is 2. The number of sulfonamides is 1. The summed E-state index contributed by atoms with van der Waals surface area (Å²) in [4.78, 5) is -0.759. The Morgan fingerprint density at radius 3 is 2.77 bits per heavy atom. The lowest BCUT2D eigenvalue weighted by molar-refractivity contribution is -0.139. The first-order chi connectivity index (χ1) is 10.3. The van der Waals surface area contributed by atoms with Crippen LogP contribution in [-0.4, -0.2) is 41.3 Å². The zero-order valence-corrected chi connectivity index (χ0v) is 12.5. The standard InChI is InChI=1S/C13H17F3N2O3S/c14-13(15,16)11-3-1-2-4-12(11)22(19,20)18-8-10-7-17-5-6-21-9-10/h1-4,10,17-18H,5-9H2. The molecule has 1 aliphatic rings. The predicted molar refractivity (Wildman–Crippen MR) is 73.8 cm³/mol. The maximum Gasteiger partial charge on any atom is 0.417 e. The van der Waals surface area contributed by atoms with Crippen molar-refractivity contribution in [3.63, 3.8) is 0 Å². The summed E-state index contributed by atoms with van der Waals surface area (Å²) in [5.74, 6) is -0.129. The first-order valence-corrected chi connectivity index (χ1v) is 8.23. The highest BCUT2D eigenvalue weighted by atomic mass is 32.2. The molecule has 0 spiro atoms. The van der Waals surface area contributed by atoms with Crippen LogP contribution in [0.2, 0.25) is 0 Å². The SMILES string of the molecule is O=S(=O)(NCC1CNCCOC1)c1ccccc1C(F)(F)F. The Hall–Kier alpha value is -1.16. The van der Waals surface area contributed by atoms with Gasteiger partial charge < -0.3 is 10.1 Å². The first kappa shape index (κ1) is 17.2. The van der Waals surface area contributed by atoms with Gasteiger partial charge in [-0.1, -0.05) is 12.1 Å². The van der Waals surface area contributed by atoms with Gasteiger partial charge in [0.2, 0.25) is 10.0 Å². The van der Waals surface area contributed by atoms with E-state index in [9.17, 15) is 21.6 Å². The van der Waals surface area contributed by atoms with Gasteiger partial charge >= 0.3 is 6.18 Å². The number of nitrogens with one attached hydrogen (secondary N) is 2. The number of hydrogen-bond acceptors (Lipinski definition) is 4. The molecule has 1 heterocycles. The van der Waals surface area contributed by atoms with Crippen molar-refractivity contribution in [1.82, 2.24) is 10.0 Å². The molecule has 1 aliphatic heterocycles. The van der Waals surface area contributed by atoms with Gasteiger partial charge in [0.15, 0.2) is 0 Å². The summed E-state index contributed by atoms with van der Waals surface area (Å²) in [6.45, 7) is 2.11. The van der Waals surface area contributed by atoms with E-state index < -0.39 is 26.7 Å². The van der Waals surface area contributed by atoms with Gasteiger partial charge in [-0.3, -0.25) is 0 Å². The van der Waals surface area contributed by atoms with Gasteiger partial charge in [0.05, 0.1) is 23.7 Å². The van der Waals surface area contributed by atoms with Gasteiger partial charge in [0, 0.05) is 25.6 Å². The van der Waals surface area contributed by atoms with Crippen molar-refractivity contribution in [1.29, 1.82) is 0 Å². The lowest BCUT2D eigenvalue weighted by atomic mass is 10.2. The number of halogens is 3. The molecular formula is C13H17F3N2O3S. The summed E-state index contributed by atoms with van der Waals surface area (Å²) in [5.41, 5.74) is -1.17. The quantitative estimate of drug-likeness (QED) is 0.866. The van der Waals surface area contributed by atoms with Crippen LogP contribution in [0.1, 0.15) is 5.56 Å². The van der Waals surface area contributed by atoms with Crippen LogP contribution in [0.3, 0.4) is 0 Å². The Morgan fingerprint density at radius 1 is 1.32 bits per heavy atom. The summed E-state index contributed by atoms with van der Waals surface area (Å²) >= 11 is 0. The molecule has 1 aromatic carbocycles. The second kappa shape index (κ2) is 6.95. The predicted octanol–water partition coefficient (Wildman–Crippen LogP) is 1.22. The van der Waals surface area contributed by atoms with Crippen molar-refractivity contribution >= 4 is 10.0 Å². The van der Waals surface area contributed by atoms with Crippen LogP contribution in [-0.2, 0) is 20.9 Å². The van der Waals surface area contributed by atoms with Gasteiger partial charge in [-0.25, -0.2) is 13.1 Å². The van der Waals surface area contributed by atoms with E-state index in [1.165, 1.54) is 6.07 Å². The Kier molecular flexibility index (Phi) is 5.43. The van der Waals surface area contributed by atoms with Crippen LogP contribution >= 0.6 is 0 Å². The molecule has 1 atom stereocenters. The molecule has 9 heteroatoms. The van der Waals surface area contributed by atoms with Crippen LogP contribution < -0.4 is 10.0 Å². The van der Waals surface area contributed by atoms with E-state index in [-0.39, 0.29) is 12.5 Å². The van der Waals surface area contributed by atoms with Crippen LogP contribution in [0, 0.1) is 5.92 Å². The largest absolute Gasteiger partial charge is 0.417 e. The van der Waals surface area contributed by atoms with Crippen molar-refractivity contribution in [2.45, 2.75) is 11.1 Å². The van der Waals surface area contributed by atoms with Crippen molar-refractivity contribution < 1.29 is 26.3 Å². The van der Waals surface area contributed by atoms with Gasteiger partial charge in [0.1, 0.15) is 0 Å². The third-order valence-corrected chi connectivity index (χ3v) is 4.74. The lowest BCUT2D eigenvalue weighted by Gasteiger charge is -2.17. The van der Waals surface area contributed by atoms with Crippen molar-refractivity contribution in [3.05, 3.63) is 29.8 Å². The Morgan fingerprint density at radius 2 is 2.05 bits per heavy atom. The van der Waals surface area contributed by atoms with Gasteiger partial charge in [-0.2, -0.15) is 13.2 Å². The molecular weight excluding hydrogens is 321 g/mol. The van der Waals surface area contributed by atoms with Crippen LogP contribution in [0.5, 0.6) is 0 Å². The highest BCUT2D eigenvalue weighted by molar-refractivity contribution is 7.89. The zero-order chi connectivity index (χ0) is 16.2. The molecule has 0 radical (unpaired) electrons. The molecule has 5 nitrogen and oxygen atoms in total.